The van der Waals surface area contributed by atoms with Crippen molar-refractivity contribution in [1.82, 2.24) is 4.57 Å². The zero-order valence-corrected chi connectivity index (χ0v) is 16.5. The van der Waals surface area contributed by atoms with Gasteiger partial charge in [0.15, 0.2) is 6.10 Å². The topological polar surface area (TPSA) is 97.3 Å². The second-order valence-electron chi connectivity index (χ2n) is 6.26. The summed E-state index contributed by atoms with van der Waals surface area (Å²) in [7, 11) is 0. The van der Waals surface area contributed by atoms with Crippen LogP contribution in [0.1, 0.15) is 40.0 Å². The van der Waals surface area contributed by atoms with Crippen LogP contribution >= 0.6 is 11.3 Å². The van der Waals surface area contributed by atoms with E-state index in [0.29, 0.717) is 22.7 Å². The fourth-order valence-electron chi connectivity index (χ4n) is 2.79. The summed E-state index contributed by atoms with van der Waals surface area (Å²) in [5.74, 6) is -0.288. The number of anilines is 1. The Hall–Kier alpha value is -3.31. The third-order valence-electron chi connectivity index (χ3n) is 4.36. The van der Waals surface area contributed by atoms with Gasteiger partial charge in [0.1, 0.15) is 16.8 Å². The van der Waals surface area contributed by atoms with E-state index < -0.39 is 18.0 Å². The Morgan fingerprint density at radius 3 is 2.86 bits per heavy atom. The largest absolute Gasteiger partial charge is 0.467 e. The summed E-state index contributed by atoms with van der Waals surface area (Å²) in [4.78, 5) is 24.9. The lowest BCUT2D eigenvalue weighted by Gasteiger charge is -2.13. The van der Waals surface area contributed by atoms with Crippen LogP contribution in [0.15, 0.2) is 40.3 Å². The second-order valence-corrected chi connectivity index (χ2v) is 7.18. The van der Waals surface area contributed by atoms with Crippen LogP contribution in [-0.2, 0) is 16.1 Å². The summed E-state index contributed by atoms with van der Waals surface area (Å²) in [5, 5.41) is 13.8. The number of carbonyl (C=O) groups excluding carboxylic acids is 2. The first kappa shape index (κ1) is 19.5. The molecule has 0 fully saturated rings. The molecule has 0 aliphatic rings. The number of esters is 1. The van der Waals surface area contributed by atoms with Gasteiger partial charge >= 0.3 is 5.97 Å². The average molecular weight is 397 g/mol. The molecular weight excluding hydrogens is 378 g/mol. The Labute approximate surface area is 166 Å². The fraction of sp³-hybridized carbons (Fsp3) is 0.250. The van der Waals surface area contributed by atoms with Crippen LogP contribution in [0.3, 0.4) is 0 Å². The summed E-state index contributed by atoms with van der Waals surface area (Å²) in [5.41, 5.74) is 2.39. The molecule has 0 unspecified atom stereocenters. The Morgan fingerprint density at radius 1 is 1.39 bits per heavy atom. The van der Waals surface area contributed by atoms with Crippen molar-refractivity contribution in [3.8, 4) is 6.07 Å². The number of hydrogen-bond acceptors (Lipinski definition) is 6. The summed E-state index contributed by atoms with van der Waals surface area (Å²) >= 11 is 1.24. The minimum absolute atomic E-state index is 0.373. The van der Waals surface area contributed by atoms with Crippen molar-refractivity contribution in [2.24, 2.45) is 0 Å². The number of aromatic nitrogens is 1. The van der Waals surface area contributed by atoms with Gasteiger partial charge < -0.3 is 19.0 Å². The number of furan rings is 1. The SMILES string of the molecule is Cc1cc(C(=O)O[C@@H](C)C(=O)Nc2sccc2C#N)c(C)n1Cc1ccco1. The highest BCUT2D eigenvalue weighted by Crippen LogP contribution is 2.23. The van der Waals surface area contributed by atoms with Gasteiger partial charge in [-0.25, -0.2) is 4.79 Å². The van der Waals surface area contributed by atoms with E-state index in [1.54, 1.807) is 23.8 Å². The van der Waals surface area contributed by atoms with Crippen molar-refractivity contribution in [1.29, 1.82) is 5.26 Å². The number of aryl methyl sites for hydroxylation is 1. The first-order valence-electron chi connectivity index (χ1n) is 8.59. The van der Waals surface area contributed by atoms with Gasteiger partial charge in [-0.2, -0.15) is 5.26 Å². The Bertz CT molecular complexity index is 1040. The van der Waals surface area contributed by atoms with Gasteiger partial charge in [-0.05, 0) is 50.4 Å². The van der Waals surface area contributed by atoms with Crippen LogP contribution in [-0.4, -0.2) is 22.5 Å². The van der Waals surface area contributed by atoms with Crippen molar-refractivity contribution in [2.45, 2.75) is 33.4 Å². The van der Waals surface area contributed by atoms with Gasteiger partial charge in [0.25, 0.3) is 5.91 Å². The molecule has 1 N–H and O–H groups in total. The van der Waals surface area contributed by atoms with Crippen molar-refractivity contribution in [3.05, 3.63) is 64.2 Å². The highest BCUT2D eigenvalue weighted by atomic mass is 32.1. The lowest BCUT2D eigenvalue weighted by molar-refractivity contribution is -0.123. The van der Waals surface area contributed by atoms with Gasteiger partial charge in [0, 0.05) is 11.4 Å². The monoisotopic (exact) mass is 397 g/mol. The smallest absolute Gasteiger partial charge is 0.340 e. The molecule has 3 heterocycles. The number of hydrogen-bond donors (Lipinski definition) is 1. The molecule has 7 nitrogen and oxygen atoms in total. The summed E-state index contributed by atoms with van der Waals surface area (Å²) in [6.07, 6.45) is 0.596. The van der Waals surface area contributed by atoms with Crippen molar-refractivity contribution in [3.63, 3.8) is 0 Å². The molecule has 1 amide bonds. The number of nitriles is 1. The standard InChI is InChI=1S/C20H19N3O4S/c1-12-9-17(13(2)23(12)11-16-5-4-7-26-16)20(25)27-14(3)18(24)22-19-15(10-21)6-8-28-19/h4-9,14H,11H2,1-3H3,(H,22,24)/t14-/m0/s1. The zero-order chi connectivity index (χ0) is 20.3. The normalized spacial score (nSPS) is 11.6. The Balaban J connectivity index is 1.69. The van der Waals surface area contributed by atoms with E-state index in [1.807, 2.05) is 36.6 Å². The summed E-state index contributed by atoms with van der Waals surface area (Å²) in [6.45, 7) is 5.71. The molecule has 0 saturated heterocycles. The van der Waals surface area contributed by atoms with Crippen molar-refractivity contribution in [2.75, 3.05) is 5.32 Å². The lowest BCUT2D eigenvalue weighted by atomic mass is 10.2. The number of nitrogens with zero attached hydrogens (tertiary/aromatic N) is 2. The molecular formula is C20H19N3O4S. The van der Waals surface area contributed by atoms with Crippen LogP contribution in [0, 0.1) is 25.2 Å². The molecule has 3 rings (SSSR count). The average Bonchev–Trinajstić information content (AvgIpc) is 3.39. The highest BCUT2D eigenvalue weighted by molar-refractivity contribution is 7.14. The first-order valence-corrected chi connectivity index (χ1v) is 9.47. The predicted octanol–water partition coefficient (Wildman–Crippen LogP) is 3.86. The van der Waals surface area contributed by atoms with E-state index >= 15 is 0 Å². The summed E-state index contributed by atoms with van der Waals surface area (Å²) in [6, 6.07) is 9.02. The van der Waals surface area contributed by atoms with Gasteiger partial charge in [-0.1, -0.05) is 0 Å². The van der Waals surface area contributed by atoms with Crippen LogP contribution in [0.5, 0.6) is 0 Å². The molecule has 0 radical (unpaired) electrons. The molecule has 0 aliphatic heterocycles. The Morgan fingerprint density at radius 2 is 2.18 bits per heavy atom. The number of ether oxygens (including phenoxy) is 1. The molecule has 28 heavy (non-hydrogen) atoms. The molecule has 1 atom stereocenters. The molecule has 0 saturated carbocycles. The molecule has 8 heteroatoms. The molecule has 0 aliphatic carbocycles. The molecule has 3 aromatic heterocycles. The van der Waals surface area contributed by atoms with E-state index in [2.05, 4.69) is 5.32 Å². The molecule has 3 aromatic rings. The van der Waals surface area contributed by atoms with E-state index in [9.17, 15) is 9.59 Å². The van der Waals surface area contributed by atoms with Crippen LogP contribution in [0.25, 0.3) is 0 Å². The number of rotatable bonds is 6. The minimum atomic E-state index is -1.01. The van der Waals surface area contributed by atoms with E-state index in [1.165, 1.54) is 18.3 Å². The maximum atomic E-state index is 12.6. The van der Waals surface area contributed by atoms with E-state index in [-0.39, 0.29) is 0 Å². The third-order valence-corrected chi connectivity index (χ3v) is 5.19. The molecule has 0 bridgehead atoms. The van der Waals surface area contributed by atoms with Gasteiger partial charge in [0.05, 0.1) is 23.9 Å². The maximum absolute atomic E-state index is 12.6. The minimum Gasteiger partial charge on any atom is -0.467 e. The number of nitrogens with one attached hydrogen (secondary N) is 1. The fourth-order valence-corrected chi connectivity index (χ4v) is 3.54. The Kier molecular flexibility index (Phi) is 5.66. The van der Waals surface area contributed by atoms with Gasteiger partial charge in [-0.3, -0.25) is 4.79 Å². The number of thiophene rings is 1. The first-order chi connectivity index (χ1) is 13.4. The second kappa shape index (κ2) is 8.15. The zero-order valence-electron chi connectivity index (χ0n) is 15.7. The predicted molar refractivity (Wildman–Crippen MR) is 104 cm³/mol. The quantitative estimate of drug-likeness (QED) is 0.637. The van der Waals surface area contributed by atoms with Crippen molar-refractivity contribution < 1.29 is 18.7 Å². The summed E-state index contributed by atoms with van der Waals surface area (Å²) < 4.78 is 12.7. The van der Waals surface area contributed by atoms with Gasteiger partial charge in [0.2, 0.25) is 0 Å². The highest BCUT2D eigenvalue weighted by Gasteiger charge is 2.23. The van der Waals surface area contributed by atoms with Crippen LogP contribution in [0.4, 0.5) is 5.00 Å². The van der Waals surface area contributed by atoms with Crippen LogP contribution < -0.4 is 5.32 Å². The lowest BCUT2D eigenvalue weighted by Crippen LogP contribution is -2.30. The van der Waals surface area contributed by atoms with Gasteiger partial charge in [-0.15, -0.1) is 11.3 Å². The van der Waals surface area contributed by atoms with Crippen molar-refractivity contribution >= 4 is 28.2 Å². The number of carbonyl (C=O) groups is 2. The number of amides is 1. The third kappa shape index (κ3) is 4.00. The van der Waals surface area contributed by atoms with E-state index in [0.717, 1.165) is 17.1 Å². The molecule has 0 aromatic carbocycles. The van der Waals surface area contributed by atoms with Crippen LogP contribution in [0.2, 0.25) is 0 Å². The molecule has 0 spiro atoms. The maximum Gasteiger partial charge on any atom is 0.340 e. The van der Waals surface area contributed by atoms with E-state index in [4.69, 9.17) is 14.4 Å². The molecule has 144 valence electrons.